The highest BCUT2D eigenvalue weighted by Gasteiger charge is 2.51. The molecule has 17 heavy (non-hydrogen) atoms. The summed E-state index contributed by atoms with van der Waals surface area (Å²) in [6, 6.07) is -0.862. The molecule has 0 aromatic carbocycles. The first-order chi connectivity index (χ1) is 8.11. The number of Topliss-reactive ketones (excluding diaryl/α,β-unsaturated/α-hetero) is 2. The number of carboxylic acids is 1. The number of carbonyl (C=O) groups excluding carboxylic acids is 2. The van der Waals surface area contributed by atoms with Crippen molar-refractivity contribution in [1.82, 2.24) is 10.2 Å². The van der Waals surface area contributed by atoms with Gasteiger partial charge in [0.25, 0.3) is 0 Å². The molecule has 1 saturated heterocycles. The maximum Gasteiger partial charge on any atom is 0.304 e. The molecule has 6 nitrogen and oxygen atoms in total. The average Bonchev–Trinajstić information content (AvgIpc) is 2.80. The van der Waals surface area contributed by atoms with Gasteiger partial charge in [0.2, 0.25) is 11.6 Å². The standard InChI is InChI=1S/C11H16N2O4/c14-7(15)3-4-12-8-9(11(17)10(8)16)13-5-1-2-6-13/h8-9,12H,1-6H2,(H,14,15). The average molecular weight is 240 g/mol. The maximum absolute atomic E-state index is 11.5. The summed E-state index contributed by atoms with van der Waals surface area (Å²) in [6.07, 6.45) is 2.07. The second-order valence-electron chi connectivity index (χ2n) is 4.49. The van der Waals surface area contributed by atoms with Gasteiger partial charge in [-0.15, -0.1) is 0 Å². The minimum atomic E-state index is -0.909. The summed E-state index contributed by atoms with van der Waals surface area (Å²) in [5.41, 5.74) is 0. The fourth-order valence-electron chi connectivity index (χ4n) is 2.43. The van der Waals surface area contributed by atoms with Gasteiger partial charge in [-0.3, -0.25) is 19.3 Å². The number of nitrogens with one attached hydrogen (secondary N) is 1. The zero-order valence-electron chi connectivity index (χ0n) is 9.52. The number of aliphatic carboxylic acids is 1. The maximum atomic E-state index is 11.5. The zero-order chi connectivity index (χ0) is 12.4. The van der Waals surface area contributed by atoms with Crippen molar-refractivity contribution in [2.24, 2.45) is 0 Å². The lowest BCUT2D eigenvalue weighted by Gasteiger charge is -2.39. The molecular weight excluding hydrogens is 224 g/mol. The minimum absolute atomic E-state index is 0.0370. The lowest BCUT2D eigenvalue weighted by atomic mass is 9.82. The Morgan fingerprint density at radius 1 is 1.29 bits per heavy atom. The van der Waals surface area contributed by atoms with Crippen LogP contribution in [0.4, 0.5) is 0 Å². The highest BCUT2D eigenvalue weighted by molar-refractivity contribution is 6.49. The predicted molar refractivity (Wildman–Crippen MR) is 58.7 cm³/mol. The van der Waals surface area contributed by atoms with Crippen LogP contribution in [0.2, 0.25) is 0 Å². The van der Waals surface area contributed by atoms with E-state index in [-0.39, 0.29) is 24.8 Å². The summed E-state index contributed by atoms with van der Waals surface area (Å²) in [4.78, 5) is 35.3. The van der Waals surface area contributed by atoms with Crippen molar-refractivity contribution in [2.75, 3.05) is 19.6 Å². The smallest absolute Gasteiger partial charge is 0.304 e. The Balaban J connectivity index is 1.88. The molecular formula is C11H16N2O4. The van der Waals surface area contributed by atoms with E-state index in [0.29, 0.717) is 0 Å². The van der Waals surface area contributed by atoms with Gasteiger partial charge in [0, 0.05) is 6.54 Å². The second kappa shape index (κ2) is 4.93. The van der Waals surface area contributed by atoms with E-state index in [1.54, 1.807) is 0 Å². The van der Waals surface area contributed by atoms with Crippen LogP contribution in [0.5, 0.6) is 0 Å². The van der Waals surface area contributed by atoms with Gasteiger partial charge in [0.05, 0.1) is 18.5 Å². The summed E-state index contributed by atoms with van der Waals surface area (Å²) in [6.45, 7) is 1.92. The molecule has 0 bridgehead atoms. The largest absolute Gasteiger partial charge is 0.481 e. The van der Waals surface area contributed by atoms with E-state index in [1.165, 1.54) is 0 Å². The second-order valence-corrected chi connectivity index (χ2v) is 4.49. The Morgan fingerprint density at radius 2 is 1.94 bits per heavy atom. The van der Waals surface area contributed by atoms with Crippen LogP contribution < -0.4 is 5.32 Å². The van der Waals surface area contributed by atoms with E-state index >= 15 is 0 Å². The summed E-state index contributed by atoms with van der Waals surface area (Å²) in [5.74, 6) is -1.65. The first-order valence-corrected chi connectivity index (χ1v) is 5.88. The van der Waals surface area contributed by atoms with Crippen molar-refractivity contribution in [3.05, 3.63) is 0 Å². The number of likely N-dealkylation sites (tertiary alicyclic amines) is 1. The summed E-state index contributed by atoms with van der Waals surface area (Å²) in [5, 5.41) is 11.4. The van der Waals surface area contributed by atoms with Gasteiger partial charge in [-0.05, 0) is 25.9 Å². The van der Waals surface area contributed by atoms with Crippen LogP contribution in [0.25, 0.3) is 0 Å². The molecule has 1 aliphatic heterocycles. The SMILES string of the molecule is O=C(O)CCNC1C(=O)C(=O)C1N1CCCC1. The van der Waals surface area contributed by atoms with Crippen molar-refractivity contribution < 1.29 is 19.5 Å². The molecule has 0 amide bonds. The monoisotopic (exact) mass is 240 g/mol. The third-order valence-corrected chi connectivity index (χ3v) is 3.35. The lowest BCUT2D eigenvalue weighted by molar-refractivity contribution is -0.151. The number of ketones is 2. The van der Waals surface area contributed by atoms with Gasteiger partial charge in [0.15, 0.2) is 0 Å². The number of hydrogen-bond donors (Lipinski definition) is 2. The van der Waals surface area contributed by atoms with Crippen molar-refractivity contribution in [3.8, 4) is 0 Å². The highest BCUT2D eigenvalue weighted by atomic mass is 16.4. The minimum Gasteiger partial charge on any atom is -0.481 e. The van der Waals surface area contributed by atoms with Crippen LogP contribution in [-0.2, 0) is 14.4 Å². The van der Waals surface area contributed by atoms with Crippen molar-refractivity contribution in [1.29, 1.82) is 0 Å². The Bertz CT molecular complexity index is 349. The van der Waals surface area contributed by atoms with Crippen molar-refractivity contribution >= 4 is 17.5 Å². The van der Waals surface area contributed by atoms with Crippen LogP contribution in [0.15, 0.2) is 0 Å². The molecule has 0 aromatic heterocycles. The third-order valence-electron chi connectivity index (χ3n) is 3.35. The molecule has 1 saturated carbocycles. The molecule has 0 spiro atoms. The van der Waals surface area contributed by atoms with Gasteiger partial charge in [-0.1, -0.05) is 0 Å². The van der Waals surface area contributed by atoms with Crippen LogP contribution in [-0.4, -0.2) is 59.3 Å². The van der Waals surface area contributed by atoms with Gasteiger partial charge in [0.1, 0.15) is 0 Å². The Kier molecular flexibility index (Phi) is 3.54. The van der Waals surface area contributed by atoms with E-state index in [9.17, 15) is 14.4 Å². The highest BCUT2D eigenvalue weighted by Crippen LogP contribution is 2.23. The Labute approximate surface area is 99.0 Å². The molecule has 6 heteroatoms. The molecule has 2 fully saturated rings. The number of nitrogens with zero attached hydrogens (tertiary/aromatic N) is 1. The van der Waals surface area contributed by atoms with Gasteiger partial charge >= 0.3 is 5.97 Å². The number of hydrogen-bond acceptors (Lipinski definition) is 5. The Morgan fingerprint density at radius 3 is 2.53 bits per heavy atom. The quantitative estimate of drug-likeness (QED) is 0.602. The molecule has 2 unspecified atom stereocenters. The summed E-state index contributed by atoms with van der Waals surface area (Å²) in [7, 11) is 0. The molecule has 2 atom stereocenters. The third kappa shape index (κ3) is 2.37. The van der Waals surface area contributed by atoms with E-state index in [0.717, 1.165) is 25.9 Å². The van der Waals surface area contributed by atoms with Crippen LogP contribution in [0, 0.1) is 0 Å². The molecule has 0 radical (unpaired) electrons. The molecule has 0 aromatic rings. The van der Waals surface area contributed by atoms with Crippen LogP contribution in [0.1, 0.15) is 19.3 Å². The molecule has 1 aliphatic carbocycles. The molecule has 2 N–H and O–H groups in total. The van der Waals surface area contributed by atoms with E-state index in [1.807, 2.05) is 4.90 Å². The normalized spacial score (nSPS) is 29.4. The molecule has 2 aliphatic rings. The van der Waals surface area contributed by atoms with E-state index in [4.69, 9.17) is 5.11 Å². The van der Waals surface area contributed by atoms with E-state index in [2.05, 4.69) is 5.32 Å². The van der Waals surface area contributed by atoms with Gasteiger partial charge < -0.3 is 10.4 Å². The first-order valence-electron chi connectivity index (χ1n) is 5.88. The molecule has 94 valence electrons. The predicted octanol–water partition coefficient (Wildman–Crippen LogP) is -0.964. The van der Waals surface area contributed by atoms with Crippen molar-refractivity contribution in [3.63, 3.8) is 0 Å². The summed E-state index contributed by atoms with van der Waals surface area (Å²) >= 11 is 0. The number of carbonyl (C=O) groups is 3. The van der Waals surface area contributed by atoms with Crippen LogP contribution >= 0.6 is 0 Å². The topological polar surface area (TPSA) is 86.7 Å². The molecule has 2 rings (SSSR count). The van der Waals surface area contributed by atoms with Gasteiger partial charge in [-0.25, -0.2) is 0 Å². The van der Waals surface area contributed by atoms with Crippen LogP contribution in [0.3, 0.4) is 0 Å². The zero-order valence-corrected chi connectivity index (χ0v) is 9.52. The fourth-order valence-corrected chi connectivity index (χ4v) is 2.43. The van der Waals surface area contributed by atoms with E-state index < -0.39 is 17.8 Å². The van der Waals surface area contributed by atoms with Crippen molar-refractivity contribution in [2.45, 2.75) is 31.3 Å². The van der Waals surface area contributed by atoms with Gasteiger partial charge in [-0.2, -0.15) is 0 Å². The first kappa shape index (κ1) is 12.2. The lowest BCUT2D eigenvalue weighted by Crippen LogP contribution is -2.69. The summed E-state index contributed by atoms with van der Waals surface area (Å²) < 4.78 is 0. The fraction of sp³-hybridized carbons (Fsp3) is 0.727. The number of carboxylic acid groups (broad SMARTS) is 1. The number of rotatable bonds is 5. The molecule has 1 heterocycles. The Hall–Kier alpha value is -1.27.